The molecule has 0 radical (unpaired) electrons. The number of carboxylic acid groups (broad SMARTS) is 1. The van der Waals surface area contributed by atoms with Gasteiger partial charge in [-0.1, -0.05) is 72.8 Å². The molecule has 2 fully saturated rings. The zero-order chi connectivity index (χ0) is 57.4. The van der Waals surface area contributed by atoms with E-state index in [1.807, 2.05) is 0 Å². The molecule has 4 aromatic rings. The van der Waals surface area contributed by atoms with Gasteiger partial charge >= 0.3 is 17.9 Å². The second-order valence-electron chi connectivity index (χ2n) is 16.1. The molecule has 0 spiro atoms. The number of halogens is 2. The summed E-state index contributed by atoms with van der Waals surface area (Å²) >= 11 is 0. The smallest absolute Gasteiger partial charge is 0.316 e. The molecule has 75 heavy (non-hydrogen) atoms. The van der Waals surface area contributed by atoms with Crippen LogP contribution in [0.25, 0.3) is 0 Å². The van der Waals surface area contributed by atoms with Gasteiger partial charge < -0.3 is 29.2 Å². The molecule has 1 amide bonds. The van der Waals surface area contributed by atoms with E-state index >= 15 is 0 Å². The molecular weight excluding hydrogens is 1130 g/mol. The predicted molar refractivity (Wildman–Crippen MR) is 279 cm³/mol. The fraction of sp³-hybridized carbons (Fsp3) is 0.404. The number of amides is 1. The zero-order valence-corrected chi connectivity index (χ0v) is 47.5. The van der Waals surface area contributed by atoms with Crippen molar-refractivity contribution in [3.05, 3.63) is 119 Å². The van der Waals surface area contributed by atoms with Gasteiger partial charge in [-0.05, 0) is 72.2 Å². The van der Waals surface area contributed by atoms with Gasteiger partial charge in [0.2, 0.25) is 9.23 Å². The summed E-state index contributed by atoms with van der Waals surface area (Å²) < 4.78 is 122. The minimum absolute atomic E-state index is 0.0280. The Labute approximate surface area is 448 Å². The van der Waals surface area contributed by atoms with Crippen LogP contribution >= 0.6 is 21.4 Å². The van der Waals surface area contributed by atoms with E-state index in [-0.39, 0.29) is 32.4 Å². The van der Waals surface area contributed by atoms with Gasteiger partial charge in [0.1, 0.15) is 0 Å². The van der Waals surface area contributed by atoms with Crippen molar-refractivity contribution in [3.8, 4) is 0 Å². The first-order valence-corrected chi connectivity index (χ1v) is 32.1. The van der Waals surface area contributed by atoms with Crippen LogP contribution in [0.2, 0.25) is 0 Å². The predicted octanol–water partition coefficient (Wildman–Crippen LogP) is 4.13. The average molecular weight is 1190 g/mol. The Balaban J connectivity index is 0.000000487. The van der Waals surface area contributed by atoms with E-state index in [9.17, 15) is 52.8 Å². The van der Waals surface area contributed by atoms with Crippen molar-refractivity contribution in [3.63, 3.8) is 0 Å². The van der Waals surface area contributed by atoms with Gasteiger partial charge in [-0.25, -0.2) is 43.4 Å². The zero-order valence-electron chi connectivity index (χ0n) is 41.9. The number of hydrogen-bond donors (Lipinski definition) is 4. The van der Waals surface area contributed by atoms with Crippen molar-refractivity contribution in [2.45, 2.75) is 68.9 Å². The Morgan fingerprint density at radius 2 is 0.867 bits per heavy atom. The van der Waals surface area contributed by atoms with Gasteiger partial charge in [0.15, 0.2) is 39.3 Å². The number of carbonyl (C=O) groups excluding carboxylic acids is 3. The topological polar surface area (TPSA) is 332 Å². The minimum Gasteiger partial charge on any atom is -0.481 e. The fourth-order valence-corrected chi connectivity index (χ4v) is 11.6. The molecule has 6 rings (SSSR count). The third-order valence-corrected chi connectivity index (χ3v) is 15.8. The van der Waals surface area contributed by atoms with E-state index in [1.165, 1.54) is 44.6 Å². The molecule has 0 aromatic heterocycles. The maximum Gasteiger partial charge on any atom is 0.316 e. The molecule has 2 aliphatic heterocycles. The number of carboxylic acids is 1. The summed E-state index contributed by atoms with van der Waals surface area (Å²) in [6.45, 7) is 1.50. The van der Waals surface area contributed by atoms with Crippen LogP contribution in [0.15, 0.2) is 117 Å². The first-order chi connectivity index (χ1) is 34.9. The molecule has 4 aromatic carbocycles. The number of nitrogens with one attached hydrogen (secondary N) is 1. The van der Waals surface area contributed by atoms with Gasteiger partial charge in [-0.3, -0.25) is 24.4 Å². The second-order valence-corrected chi connectivity index (χ2v) is 26.6. The molecule has 0 aliphatic carbocycles. The SMILES string of the molecule is CO.COC(=O)C1(c2ccccc2S(C)(=O)=O)CCOCC1.COC(=O)Cc1ccccc1S(C)(=O)=O.CS(=O)(=O)c1ccccc1C1(C(=O)NO)CCOCC1.CS(=O)(=O)c1ccccc1CC(=O)O.O=S(Cl)Cl. The Morgan fingerprint density at radius 3 is 1.19 bits per heavy atom. The highest BCUT2D eigenvalue weighted by atomic mass is 36.0. The molecule has 0 unspecified atom stereocenters. The summed E-state index contributed by atoms with van der Waals surface area (Å²) in [5, 5.41) is 24.6. The molecule has 21 nitrogen and oxygen atoms in total. The van der Waals surface area contributed by atoms with E-state index < -0.39 is 83.2 Å². The maximum atomic E-state index is 12.3. The van der Waals surface area contributed by atoms with Crippen LogP contribution in [0.5, 0.6) is 0 Å². The lowest BCUT2D eigenvalue weighted by Gasteiger charge is -2.36. The third-order valence-electron chi connectivity index (χ3n) is 11.1. The van der Waals surface area contributed by atoms with Gasteiger partial charge in [-0.2, -0.15) is 0 Å². The van der Waals surface area contributed by atoms with Crippen LogP contribution in [0.4, 0.5) is 0 Å². The minimum atomic E-state index is -3.47. The Hall–Kier alpha value is -4.87. The van der Waals surface area contributed by atoms with Crippen LogP contribution in [0, 0.1) is 0 Å². The number of benzene rings is 4. The number of methoxy groups -OCH3 is 2. The molecule has 0 atom stereocenters. The van der Waals surface area contributed by atoms with E-state index in [0.29, 0.717) is 74.4 Å². The number of hydrogen-bond acceptors (Lipinski definition) is 19. The van der Waals surface area contributed by atoms with E-state index in [4.69, 9.17) is 33.8 Å². The highest BCUT2D eigenvalue weighted by molar-refractivity contribution is 8.26. The molecule has 0 bridgehead atoms. The highest BCUT2D eigenvalue weighted by Crippen LogP contribution is 2.40. The lowest BCUT2D eigenvalue weighted by Crippen LogP contribution is -2.47. The summed E-state index contributed by atoms with van der Waals surface area (Å²) in [7, 11) is -2.56. The molecular formula is C47H61Cl2NO20S5. The van der Waals surface area contributed by atoms with E-state index in [2.05, 4.69) is 26.1 Å². The number of aliphatic carboxylic acids is 1. The number of rotatable bonds is 12. The van der Waals surface area contributed by atoms with E-state index in [1.54, 1.807) is 72.2 Å². The van der Waals surface area contributed by atoms with Crippen LogP contribution in [0.1, 0.15) is 47.9 Å². The van der Waals surface area contributed by atoms with Crippen molar-refractivity contribution >= 4 is 93.8 Å². The van der Waals surface area contributed by atoms with Crippen LogP contribution in [-0.2, 0) is 110 Å². The lowest BCUT2D eigenvalue weighted by molar-refractivity contribution is -0.151. The number of esters is 2. The number of carbonyl (C=O) groups is 4. The highest BCUT2D eigenvalue weighted by Gasteiger charge is 2.46. The molecule has 2 aliphatic rings. The van der Waals surface area contributed by atoms with Crippen molar-refractivity contribution in [1.29, 1.82) is 0 Å². The summed E-state index contributed by atoms with van der Waals surface area (Å²) in [4.78, 5) is 46.5. The Bertz CT molecular complexity index is 2920. The monoisotopic (exact) mass is 1190 g/mol. The normalized spacial score (nSPS) is 14.7. The number of hydroxylamine groups is 1. The molecule has 2 saturated heterocycles. The summed E-state index contributed by atoms with van der Waals surface area (Å²) in [5.74, 6) is -2.50. The first kappa shape index (κ1) is 68.1. The number of sulfone groups is 4. The average Bonchev–Trinajstić information content (AvgIpc) is 3.36. The first-order valence-electron chi connectivity index (χ1n) is 21.7. The fourth-order valence-electron chi connectivity index (χ4n) is 7.73. The van der Waals surface area contributed by atoms with Crippen LogP contribution in [0.3, 0.4) is 0 Å². The second kappa shape index (κ2) is 31.4. The standard InChI is InChI=1S/C14H18O5S.C13H17NO5S.C10H12O4S.C9H10O4S.CH4O.Cl2OS/c1-18-13(15)14(7-9-19-10-8-14)11-5-3-4-6-12(11)20(2,16)17;1-20(17,18)11-5-3-2-4-10(11)13(12(15)14-16)6-8-19-9-7-13;1-14-10(11)7-8-5-3-4-6-9(8)15(2,12)13;1-14(12,13)8-5-3-2-4-7(8)6-9(10)11;1-2;1-4(2)3/h3-6H,7-10H2,1-2H3;2-5,16H,6-9H2,1H3,(H,14,15);3-6H,7H2,1-2H3;2-5H,6H2,1H3,(H,10,11);2H,1H3;. The van der Waals surface area contributed by atoms with Crippen molar-refractivity contribution in [2.24, 2.45) is 0 Å². The van der Waals surface area contributed by atoms with Gasteiger partial charge in [-0.15, -0.1) is 0 Å². The molecule has 2 heterocycles. The van der Waals surface area contributed by atoms with Crippen LogP contribution in [-0.4, -0.2) is 150 Å². The van der Waals surface area contributed by atoms with E-state index in [0.717, 1.165) is 32.1 Å². The van der Waals surface area contributed by atoms with Gasteiger partial charge in [0.25, 0.3) is 5.91 Å². The van der Waals surface area contributed by atoms with Crippen LogP contribution < -0.4 is 5.48 Å². The van der Waals surface area contributed by atoms with Gasteiger partial charge in [0.05, 0.1) is 57.5 Å². The summed E-state index contributed by atoms with van der Waals surface area (Å²) in [6, 6.07) is 25.5. The molecule has 0 saturated carbocycles. The lowest BCUT2D eigenvalue weighted by atomic mass is 9.73. The van der Waals surface area contributed by atoms with Crippen molar-refractivity contribution < 1.29 is 91.4 Å². The van der Waals surface area contributed by atoms with Gasteiger partial charge in [0, 0.05) is 79.9 Å². The third kappa shape index (κ3) is 21.2. The number of aliphatic hydroxyl groups is 1. The molecule has 418 valence electrons. The number of aliphatic hydroxyl groups excluding tert-OH is 1. The Kier molecular flexibility index (Phi) is 28.5. The van der Waals surface area contributed by atoms with Crippen molar-refractivity contribution in [1.82, 2.24) is 5.48 Å². The molecule has 4 N–H and O–H groups in total. The summed E-state index contributed by atoms with van der Waals surface area (Å²) in [6.07, 6.45) is 5.63. The van der Waals surface area contributed by atoms with Crippen molar-refractivity contribution in [2.75, 3.05) is 72.8 Å². The summed E-state index contributed by atoms with van der Waals surface area (Å²) in [5.41, 5.74) is 1.36. The molecule has 28 heteroatoms. The maximum absolute atomic E-state index is 12.3. The number of ether oxygens (including phenoxy) is 4. The Morgan fingerprint density at radius 1 is 0.560 bits per heavy atom. The quantitative estimate of drug-likeness (QED) is 0.0670. The largest absolute Gasteiger partial charge is 0.481 e.